The molecule has 3 N–H and O–H groups in total. The van der Waals surface area contributed by atoms with E-state index < -0.39 is 67.3 Å². The second-order valence-electron chi connectivity index (χ2n) is 20.3. The Hall–Kier alpha value is -4.36. The van der Waals surface area contributed by atoms with Gasteiger partial charge in [-0.25, -0.2) is 4.79 Å². The number of hydrogen-bond donors (Lipinski definition) is 3. The van der Waals surface area contributed by atoms with Crippen LogP contribution in [0, 0.1) is 0 Å². The Kier molecular flexibility index (Phi) is 48.0. The first-order chi connectivity index (χ1) is 37.6. The first kappa shape index (κ1) is 70.7. The number of aliphatic hydroxyl groups is 2. The van der Waals surface area contributed by atoms with Crippen molar-refractivity contribution >= 4 is 23.9 Å². The number of carbonyl (C=O) groups is 4. The summed E-state index contributed by atoms with van der Waals surface area (Å²) in [5.41, 5.74) is 0. The van der Waals surface area contributed by atoms with E-state index in [2.05, 4.69) is 99.8 Å². The molecule has 6 atom stereocenters. The number of ether oxygens (including phenoxy) is 5. The minimum Gasteiger partial charge on any atom is -0.479 e. The molecule has 0 aliphatic carbocycles. The number of hydrogen-bond acceptors (Lipinski definition) is 11. The summed E-state index contributed by atoms with van der Waals surface area (Å²) in [6, 6.07) is 0. The van der Waals surface area contributed by atoms with Crippen molar-refractivity contribution in [2.24, 2.45) is 0 Å². The molecule has 0 amide bonds. The van der Waals surface area contributed by atoms with Crippen LogP contribution in [-0.2, 0) is 42.9 Å². The molecule has 12 heteroatoms. The van der Waals surface area contributed by atoms with Crippen LogP contribution in [0.15, 0.2) is 97.2 Å². The molecule has 0 aromatic carbocycles. The molecule has 6 unspecified atom stereocenters. The summed E-state index contributed by atoms with van der Waals surface area (Å²) in [6.45, 7) is 5.81. The number of carboxylic acids is 1. The Labute approximate surface area is 466 Å². The lowest BCUT2D eigenvalue weighted by Crippen LogP contribution is -2.61. The molecule has 0 aromatic rings. The first-order valence-electron chi connectivity index (χ1n) is 30.2. The molecule has 1 rings (SSSR count). The second-order valence-corrected chi connectivity index (χ2v) is 20.3. The number of aliphatic hydroxyl groups excluding tert-OH is 2. The van der Waals surface area contributed by atoms with Crippen molar-refractivity contribution in [2.45, 2.75) is 276 Å². The molecule has 438 valence electrons. The van der Waals surface area contributed by atoms with Crippen LogP contribution in [0.1, 0.15) is 239 Å². The Morgan fingerprint density at radius 2 is 0.844 bits per heavy atom. The van der Waals surface area contributed by atoms with Crippen molar-refractivity contribution < 1.29 is 58.2 Å². The number of carboxylic acid groups (broad SMARTS) is 1. The summed E-state index contributed by atoms with van der Waals surface area (Å²) in [6.07, 6.45) is 56.7. The van der Waals surface area contributed by atoms with Gasteiger partial charge in [0.1, 0.15) is 18.8 Å². The van der Waals surface area contributed by atoms with E-state index in [0.29, 0.717) is 25.7 Å². The highest BCUT2D eigenvalue weighted by molar-refractivity contribution is 5.74. The van der Waals surface area contributed by atoms with Crippen LogP contribution in [0.25, 0.3) is 0 Å². The molecular formula is C65H106O12. The van der Waals surface area contributed by atoms with E-state index in [1.54, 1.807) is 0 Å². The van der Waals surface area contributed by atoms with Gasteiger partial charge in [-0.15, -0.1) is 0 Å². The quantitative estimate of drug-likeness (QED) is 0.0228. The van der Waals surface area contributed by atoms with Gasteiger partial charge in [0.25, 0.3) is 0 Å². The fourth-order valence-electron chi connectivity index (χ4n) is 8.54. The van der Waals surface area contributed by atoms with E-state index in [0.717, 1.165) is 89.9 Å². The van der Waals surface area contributed by atoms with Crippen molar-refractivity contribution in [3.8, 4) is 0 Å². The average molecular weight is 1080 g/mol. The van der Waals surface area contributed by atoms with Crippen LogP contribution < -0.4 is 0 Å². The SMILES string of the molecule is CC/C=C\C/C=C\C/C=C\C/C=C\C/C=C\C/C=C\CCC(=O)OC1C(OCC(COC(=O)CCCCCCCCC/C=C\C/C=C\CCCCC)OC(=O)CCCCCCCCCCCCC)OC(C(=O)O)C(O)C1O. The summed E-state index contributed by atoms with van der Waals surface area (Å²) in [4.78, 5) is 51.1. The zero-order valence-corrected chi connectivity index (χ0v) is 48.2. The second kappa shape index (κ2) is 52.3. The van der Waals surface area contributed by atoms with Crippen molar-refractivity contribution in [1.82, 2.24) is 0 Å². The highest BCUT2D eigenvalue weighted by Gasteiger charge is 2.50. The molecule has 0 radical (unpaired) electrons. The van der Waals surface area contributed by atoms with Gasteiger partial charge in [-0.1, -0.05) is 227 Å². The maximum atomic E-state index is 13.1. The Morgan fingerprint density at radius 3 is 1.32 bits per heavy atom. The molecule has 1 aliphatic rings. The van der Waals surface area contributed by atoms with Crippen molar-refractivity contribution in [3.05, 3.63) is 97.2 Å². The van der Waals surface area contributed by atoms with Gasteiger partial charge >= 0.3 is 23.9 Å². The van der Waals surface area contributed by atoms with Gasteiger partial charge in [0.05, 0.1) is 6.61 Å². The first-order valence-corrected chi connectivity index (χ1v) is 30.2. The highest BCUT2D eigenvalue weighted by Crippen LogP contribution is 2.26. The van der Waals surface area contributed by atoms with Gasteiger partial charge in [0.2, 0.25) is 0 Å². The minimum atomic E-state index is -1.93. The normalized spacial score (nSPS) is 18.7. The molecule has 1 fully saturated rings. The summed E-state index contributed by atoms with van der Waals surface area (Å²) >= 11 is 0. The maximum absolute atomic E-state index is 13.1. The van der Waals surface area contributed by atoms with Crippen LogP contribution in [0.4, 0.5) is 0 Å². The Balaban J connectivity index is 2.71. The van der Waals surface area contributed by atoms with Crippen LogP contribution >= 0.6 is 0 Å². The van der Waals surface area contributed by atoms with Crippen molar-refractivity contribution in [2.75, 3.05) is 13.2 Å². The average Bonchev–Trinajstić information content (AvgIpc) is 3.42. The molecule has 1 heterocycles. The number of carbonyl (C=O) groups excluding carboxylic acids is 3. The fourth-order valence-corrected chi connectivity index (χ4v) is 8.54. The van der Waals surface area contributed by atoms with Gasteiger partial charge in [-0.05, 0) is 89.9 Å². The lowest BCUT2D eigenvalue weighted by atomic mass is 9.98. The van der Waals surface area contributed by atoms with E-state index >= 15 is 0 Å². The van der Waals surface area contributed by atoms with Crippen LogP contribution in [-0.4, -0.2) is 89.2 Å². The zero-order valence-electron chi connectivity index (χ0n) is 48.2. The lowest BCUT2D eigenvalue weighted by molar-refractivity contribution is -0.301. The third kappa shape index (κ3) is 42.3. The summed E-state index contributed by atoms with van der Waals surface area (Å²) < 4.78 is 28.3. The third-order valence-corrected chi connectivity index (χ3v) is 13.2. The maximum Gasteiger partial charge on any atom is 0.335 e. The predicted octanol–water partition coefficient (Wildman–Crippen LogP) is 15.7. The van der Waals surface area contributed by atoms with Gasteiger partial charge in [0, 0.05) is 19.3 Å². The highest BCUT2D eigenvalue weighted by atomic mass is 16.7. The monoisotopic (exact) mass is 1080 g/mol. The van der Waals surface area contributed by atoms with E-state index in [-0.39, 0.29) is 25.9 Å². The van der Waals surface area contributed by atoms with Crippen LogP contribution in [0.2, 0.25) is 0 Å². The molecule has 0 aromatic heterocycles. The molecule has 1 aliphatic heterocycles. The Bertz CT molecular complexity index is 1710. The Morgan fingerprint density at radius 1 is 0.442 bits per heavy atom. The number of allylic oxidation sites excluding steroid dienone is 16. The van der Waals surface area contributed by atoms with E-state index in [9.17, 15) is 34.5 Å². The summed E-state index contributed by atoms with van der Waals surface area (Å²) in [7, 11) is 0. The molecular weight excluding hydrogens is 973 g/mol. The molecule has 0 saturated carbocycles. The van der Waals surface area contributed by atoms with Gasteiger partial charge in [-0.2, -0.15) is 0 Å². The van der Waals surface area contributed by atoms with Crippen molar-refractivity contribution in [3.63, 3.8) is 0 Å². The van der Waals surface area contributed by atoms with Gasteiger partial charge < -0.3 is 39.0 Å². The molecule has 12 nitrogen and oxygen atoms in total. The van der Waals surface area contributed by atoms with E-state index in [1.807, 2.05) is 18.2 Å². The number of esters is 3. The fraction of sp³-hybridized carbons (Fsp3) is 0.692. The molecule has 0 bridgehead atoms. The largest absolute Gasteiger partial charge is 0.479 e. The van der Waals surface area contributed by atoms with E-state index in [1.165, 1.54) is 83.5 Å². The number of rotatable bonds is 50. The minimum absolute atomic E-state index is 0.0681. The van der Waals surface area contributed by atoms with Crippen molar-refractivity contribution in [1.29, 1.82) is 0 Å². The topological polar surface area (TPSA) is 175 Å². The van der Waals surface area contributed by atoms with E-state index in [4.69, 9.17) is 23.7 Å². The number of unbranched alkanes of at least 4 members (excludes halogenated alkanes) is 20. The third-order valence-electron chi connectivity index (χ3n) is 13.2. The van der Waals surface area contributed by atoms with Crippen LogP contribution in [0.3, 0.4) is 0 Å². The molecule has 0 spiro atoms. The van der Waals surface area contributed by atoms with Gasteiger partial charge in [-0.3, -0.25) is 14.4 Å². The standard InChI is InChI=1S/C65H106O12/c1-4-7-10-13-16-19-22-24-26-28-29-31-33-35-38-41-44-47-50-53-59(68)76-63-61(70)60(69)62(64(71)72)77-65(63)74-55-56(75-58(67)52-49-46-43-40-36-21-18-15-12-9-6-3)54-73-57(66)51-48-45-42-39-37-34-32-30-27-25-23-20-17-14-11-8-5-2/h7,10,16-17,19-20,24-27,29,31,35,38,44,47,56,60-63,65,69-70H,4-6,8-9,11-15,18,21-23,28,30,32-34,36-37,39-43,45-46,48-55H2,1-3H3,(H,71,72)/b10-7-,19-16-,20-17-,26-24-,27-25-,31-29-,38-35-,47-44-. The molecule has 77 heavy (non-hydrogen) atoms. The predicted molar refractivity (Wildman–Crippen MR) is 312 cm³/mol. The molecule has 1 saturated heterocycles. The number of aliphatic carboxylic acids is 1. The zero-order chi connectivity index (χ0) is 56.1. The summed E-state index contributed by atoms with van der Waals surface area (Å²) in [5.74, 6) is -3.24. The van der Waals surface area contributed by atoms with Gasteiger partial charge in [0.15, 0.2) is 24.6 Å². The lowest BCUT2D eigenvalue weighted by Gasteiger charge is -2.40. The smallest absolute Gasteiger partial charge is 0.335 e. The summed E-state index contributed by atoms with van der Waals surface area (Å²) in [5, 5.41) is 31.5. The van der Waals surface area contributed by atoms with Crippen LogP contribution in [0.5, 0.6) is 0 Å².